The van der Waals surface area contributed by atoms with Crippen molar-refractivity contribution in [3.8, 4) is 0 Å². The number of aliphatic hydroxyl groups is 1. The molecule has 2 rings (SSSR count). The van der Waals surface area contributed by atoms with Gasteiger partial charge in [0.05, 0.1) is 28.0 Å². The second-order valence-electron chi connectivity index (χ2n) is 4.75. The number of rotatable bonds is 5. The van der Waals surface area contributed by atoms with E-state index in [1.807, 2.05) is 0 Å². The Morgan fingerprint density at radius 1 is 1.27 bits per heavy atom. The van der Waals surface area contributed by atoms with Gasteiger partial charge >= 0.3 is 0 Å². The van der Waals surface area contributed by atoms with Crippen molar-refractivity contribution in [2.45, 2.75) is 13.0 Å². The van der Waals surface area contributed by atoms with Crippen LogP contribution in [0.5, 0.6) is 0 Å². The molecule has 3 N–H and O–H groups in total. The van der Waals surface area contributed by atoms with Crippen LogP contribution in [0.2, 0.25) is 10.0 Å². The minimum absolute atomic E-state index is 0.301. The van der Waals surface area contributed by atoms with E-state index in [0.29, 0.717) is 33.7 Å². The van der Waals surface area contributed by atoms with Gasteiger partial charge in [-0.05, 0) is 37.3 Å². The Hall–Kier alpha value is -1.82. The fourth-order valence-electron chi connectivity index (χ4n) is 1.67. The smallest absolute Gasteiger partial charge is 0.255 e. The summed E-state index contributed by atoms with van der Waals surface area (Å²) in [6.07, 6.45) is 1.07. The molecule has 1 unspecified atom stereocenters. The Morgan fingerprint density at radius 2 is 2.05 bits per heavy atom. The molecular formula is C15H15Cl2N3O2. The van der Waals surface area contributed by atoms with Gasteiger partial charge in [-0.3, -0.25) is 4.79 Å². The summed E-state index contributed by atoms with van der Waals surface area (Å²) in [5.41, 5.74) is 0.962. The molecule has 1 heterocycles. The maximum atomic E-state index is 12.1. The number of anilines is 2. The Labute approximate surface area is 138 Å². The number of aliphatic hydroxyl groups excluding tert-OH is 1. The van der Waals surface area contributed by atoms with Crippen LogP contribution in [0.15, 0.2) is 36.5 Å². The van der Waals surface area contributed by atoms with Crippen molar-refractivity contribution >= 4 is 40.6 Å². The quantitative estimate of drug-likeness (QED) is 0.780. The van der Waals surface area contributed by atoms with Gasteiger partial charge in [0.15, 0.2) is 0 Å². The molecule has 1 aromatic carbocycles. The average Bonchev–Trinajstić information content (AvgIpc) is 2.49. The number of nitrogens with zero attached hydrogens (tertiary/aromatic N) is 1. The molecule has 0 spiro atoms. The highest BCUT2D eigenvalue weighted by atomic mass is 35.5. The second kappa shape index (κ2) is 7.45. The first-order chi connectivity index (χ1) is 10.5. The lowest BCUT2D eigenvalue weighted by Gasteiger charge is -2.09. The molecule has 1 amide bonds. The normalized spacial score (nSPS) is 11.8. The summed E-state index contributed by atoms with van der Waals surface area (Å²) in [4.78, 5) is 16.2. The molecule has 0 radical (unpaired) electrons. The number of hydrogen-bond donors (Lipinski definition) is 3. The molecule has 22 heavy (non-hydrogen) atoms. The largest absolute Gasteiger partial charge is 0.392 e. The molecule has 0 aliphatic rings. The van der Waals surface area contributed by atoms with Gasteiger partial charge in [-0.15, -0.1) is 0 Å². The second-order valence-corrected chi connectivity index (χ2v) is 5.56. The van der Waals surface area contributed by atoms with Crippen molar-refractivity contribution in [3.05, 3.63) is 52.1 Å². The fourth-order valence-corrected chi connectivity index (χ4v) is 1.96. The number of nitrogens with one attached hydrogen (secondary N) is 2. The van der Waals surface area contributed by atoms with E-state index in [0.717, 1.165) is 0 Å². The van der Waals surface area contributed by atoms with E-state index in [9.17, 15) is 9.90 Å². The summed E-state index contributed by atoms with van der Waals surface area (Å²) >= 11 is 11.7. The van der Waals surface area contributed by atoms with E-state index >= 15 is 0 Å². The molecule has 0 saturated heterocycles. The number of pyridine rings is 1. The SMILES string of the molecule is CC(O)CNc1ccc(NC(=O)c2ccc(Cl)c(Cl)c2)cn1. The van der Waals surface area contributed by atoms with Crippen LogP contribution in [0.4, 0.5) is 11.5 Å². The summed E-state index contributed by atoms with van der Waals surface area (Å²) in [5, 5.41) is 15.6. The Bertz CT molecular complexity index is 660. The van der Waals surface area contributed by atoms with Gasteiger partial charge in [-0.2, -0.15) is 0 Å². The van der Waals surface area contributed by atoms with Crippen LogP contribution in [0, 0.1) is 0 Å². The van der Waals surface area contributed by atoms with Gasteiger partial charge in [-0.1, -0.05) is 23.2 Å². The highest BCUT2D eigenvalue weighted by Gasteiger charge is 2.09. The summed E-state index contributed by atoms with van der Waals surface area (Å²) in [7, 11) is 0. The number of amides is 1. The molecule has 0 aliphatic carbocycles. The molecule has 0 aliphatic heterocycles. The van der Waals surface area contributed by atoms with Crippen molar-refractivity contribution in [3.63, 3.8) is 0 Å². The van der Waals surface area contributed by atoms with Crippen molar-refractivity contribution in [2.24, 2.45) is 0 Å². The third-order valence-electron chi connectivity index (χ3n) is 2.78. The zero-order chi connectivity index (χ0) is 16.1. The number of carbonyl (C=O) groups is 1. The summed E-state index contributed by atoms with van der Waals surface area (Å²) in [6, 6.07) is 8.10. The minimum Gasteiger partial charge on any atom is -0.392 e. The van der Waals surface area contributed by atoms with E-state index in [1.165, 1.54) is 12.3 Å². The highest BCUT2D eigenvalue weighted by Crippen LogP contribution is 2.23. The molecule has 5 nitrogen and oxygen atoms in total. The molecule has 2 aromatic rings. The van der Waals surface area contributed by atoms with E-state index < -0.39 is 6.10 Å². The predicted octanol–water partition coefficient (Wildman–Crippen LogP) is 3.43. The van der Waals surface area contributed by atoms with Crippen LogP contribution in [0.3, 0.4) is 0 Å². The van der Waals surface area contributed by atoms with Crippen LogP contribution in [-0.4, -0.2) is 28.6 Å². The monoisotopic (exact) mass is 339 g/mol. The molecule has 1 atom stereocenters. The van der Waals surface area contributed by atoms with Crippen LogP contribution in [0.1, 0.15) is 17.3 Å². The maximum absolute atomic E-state index is 12.1. The van der Waals surface area contributed by atoms with Gasteiger partial charge in [0.1, 0.15) is 5.82 Å². The van der Waals surface area contributed by atoms with E-state index in [1.54, 1.807) is 31.2 Å². The maximum Gasteiger partial charge on any atom is 0.255 e. The van der Waals surface area contributed by atoms with Crippen molar-refractivity contribution in [2.75, 3.05) is 17.2 Å². The van der Waals surface area contributed by atoms with Crippen LogP contribution < -0.4 is 10.6 Å². The molecule has 0 fully saturated rings. The molecule has 0 saturated carbocycles. The van der Waals surface area contributed by atoms with Gasteiger partial charge < -0.3 is 15.7 Å². The number of carbonyl (C=O) groups excluding carboxylic acids is 1. The van der Waals surface area contributed by atoms with Gasteiger partial charge in [0.2, 0.25) is 0 Å². The van der Waals surface area contributed by atoms with Crippen molar-refractivity contribution < 1.29 is 9.90 Å². The molecule has 1 aromatic heterocycles. The molecule has 7 heteroatoms. The van der Waals surface area contributed by atoms with Gasteiger partial charge in [-0.25, -0.2) is 4.98 Å². The minimum atomic E-state index is -0.462. The van der Waals surface area contributed by atoms with Crippen LogP contribution >= 0.6 is 23.2 Å². The van der Waals surface area contributed by atoms with Crippen LogP contribution in [-0.2, 0) is 0 Å². The van der Waals surface area contributed by atoms with Gasteiger partial charge in [0, 0.05) is 12.1 Å². The number of aromatic nitrogens is 1. The third kappa shape index (κ3) is 4.59. The highest BCUT2D eigenvalue weighted by molar-refractivity contribution is 6.42. The number of hydrogen-bond acceptors (Lipinski definition) is 4. The predicted molar refractivity (Wildman–Crippen MR) is 88.8 cm³/mol. The first kappa shape index (κ1) is 16.5. The van der Waals surface area contributed by atoms with E-state index in [4.69, 9.17) is 23.2 Å². The lowest BCUT2D eigenvalue weighted by atomic mass is 10.2. The topological polar surface area (TPSA) is 74.2 Å². The average molecular weight is 340 g/mol. The summed E-state index contributed by atoms with van der Waals surface area (Å²) in [6.45, 7) is 2.08. The van der Waals surface area contributed by atoms with Crippen molar-refractivity contribution in [1.82, 2.24) is 4.98 Å². The standard InChI is InChI=1S/C15H15Cl2N3O2/c1-9(21)7-18-14-5-3-11(8-19-14)20-15(22)10-2-4-12(16)13(17)6-10/h2-6,8-9,21H,7H2,1H3,(H,18,19)(H,20,22). The lowest BCUT2D eigenvalue weighted by Crippen LogP contribution is -2.16. The molecule has 0 bridgehead atoms. The molecular weight excluding hydrogens is 325 g/mol. The number of halogens is 2. The summed E-state index contributed by atoms with van der Waals surface area (Å²) < 4.78 is 0. The van der Waals surface area contributed by atoms with Crippen molar-refractivity contribution in [1.29, 1.82) is 0 Å². The van der Waals surface area contributed by atoms with Crippen LogP contribution in [0.25, 0.3) is 0 Å². The molecule has 116 valence electrons. The fraction of sp³-hybridized carbons (Fsp3) is 0.200. The first-order valence-corrected chi connectivity index (χ1v) is 7.35. The zero-order valence-electron chi connectivity index (χ0n) is 11.8. The lowest BCUT2D eigenvalue weighted by molar-refractivity contribution is 0.102. The van der Waals surface area contributed by atoms with Gasteiger partial charge in [0.25, 0.3) is 5.91 Å². The first-order valence-electron chi connectivity index (χ1n) is 6.60. The number of benzene rings is 1. The van der Waals surface area contributed by atoms with E-state index in [-0.39, 0.29) is 5.91 Å². The Balaban J connectivity index is 2.00. The summed E-state index contributed by atoms with van der Waals surface area (Å²) in [5.74, 6) is 0.318. The Kier molecular flexibility index (Phi) is 5.60. The Morgan fingerprint density at radius 3 is 2.64 bits per heavy atom. The zero-order valence-corrected chi connectivity index (χ0v) is 13.3. The third-order valence-corrected chi connectivity index (χ3v) is 3.52. The van der Waals surface area contributed by atoms with E-state index in [2.05, 4.69) is 15.6 Å².